The Bertz CT molecular complexity index is 925. The van der Waals surface area contributed by atoms with Gasteiger partial charge in [-0.05, 0) is 12.8 Å². The fourth-order valence-electron chi connectivity index (χ4n) is 3.20. The normalized spacial score (nSPS) is 15.4. The molecule has 0 atom stereocenters. The molecule has 136 valence electrons. The summed E-state index contributed by atoms with van der Waals surface area (Å²) in [6, 6.07) is 5.13. The van der Waals surface area contributed by atoms with Crippen molar-refractivity contribution in [3.05, 3.63) is 68.5 Å². The lowest BCUT2D eigenvalue weighted by atomic mass is 9.97. The van der Waals surface area contributed by atoms with Gasteiger partial charge in [0.05, 0.1) is 5.54 Å². The van der Waals surface area contributed by atoms with Gasteiger partial charge in [-0.1, -0.05) is 12.8 Å². The fraction of sp³-hybridized carbons (Fsp3) is 0.333. The van der Waals surface area contributed by atoms with Gasteiger partial charge in [0.1, 0.15) is 11.4 Å². The second-order valence-electron chi connectivity index (χ2n) is 6.50. The summed E-state index contributed by atoms with van der Waals surface area (Å²) in [5.41, 5.74) is -0.734. The first-order chi connectivity index (χ1) is 12.5. The molecule has 0 bridgehead atoms. The van der Waals surface area contributed by atoms with E-state index in [1.54, 1.807) is 0 Å². The van der Waals surface area contributed by atoms with Crippen LogP contribution in [-0.2, 0) is 0 Å². The van der Waals surface area contributed by atoms with Crippen LogP contribution in [0.2, 0.25) is 0 Å². The van der Waals surface area contributed by atoms with Crippen molar-refractivity contribution in [3.63, 3.8) is 0 Å². The molecule has 0 saturated heterocycles. The second kappa shape index (κ2) is 7.38. The molecule has 2 aromatic rings. The second-order valence-corrected chi connectivity index (χ2v) is 6.50. The van der Waals surface area contributed by atoms with E-state index in [1.165, 1.54) is 36.7 Å². The SMILES string of the molecule is O=C(NCC1(NC(=O)c2cc(=O)cc[nH]2)CCCC1)c1cc(=O)cc[nH]1. The van der Waals surface area contributed by atoms with Crippen molar-refractivity contribution >= 4 is 11.8 Å². The summed E-state index contributed by atoms with van der Waals surface area (Å²) in [6.07, 6.45) is 6.15. The average molecular weight is 356 g/mol. The Morgan fingerprint density at radius 2 is 1.46 bits per heavy atom. The molecule has 1 aliphatic rings. The number of nitrogens with one attached hydrogen (secondary N) is 4. The maximum atomic E-state index is 12.5. The third-order valence-corrected chi connectivity index (χ3v) is 4.56. The van der Waals surface area contributed by atoms with Crippen LogP contribution in [0.3, 0.4) is 0 Å². The highest BCUT2D eigenvalue weighted by atomic mass is 16.2. The van der Waals surface area contributed by atoms with Crippen molar-refractivity contribution in [3.8, 4) is 0 Å². The van der Waals surface area contributed by atoms with Gasteiger partial charge in [-0.15, -0.1) is 0 Å². The van der Waals surface area contributed by atoms with Crippen LogP contribution in [0.4, 0.5) is 0 Å². The third-order valence-electron chi connectivity index (χ3n) is 4.56. The largest absolute Gasteiger partial charge is 0.357 e. The van der Waals surface area contributed by atoms with Gasteiger partial charge in [0.2, 0.25) is 0 Å². The number of H-pyrrole nitrogens is 2. The zero-order valence-electron chi connectivity index (χ0n) is 14.1. The number of amides is 2. The number of carbonyl (C=O) groups excluding carboxylic acids is 2. The molecule has 0 aromatic carbocycles. The average Bonchev–Trinajstić information content (AvgIpc) is 3.08. The Balaban J connectivity index is 1.70. The molecule has 26 heavy (non-hydrogen) atoms. The van der Waals surface area contributed by atoms with Crippen LogP contribution in [0.5, 0.6) is 0 Å². The van der Waals surface area contributed by atoms with Crippen LogP contribution in [0.25, 0.3) is 0 Å². The molecular weight excluding hydrogens is 336 g/mol. The summed E-state index contributed by atoms with van der Waals surface area (Å²) in [7, 11) is 0. The van der Waals surface area contributed by atoms with E-state index in [0.29, 0.717) is 0 Å². The van der Waals surface area contributed by atoms with Crippen LogP contribution in [0.15, 0.2) is 46.2 Å². The van der Waals surface area contributed by atoms with E-state index < -0.39 is 11.4 Å². The highest BCUT2D eigenvalue weighted by molar-refractivity contribution is 5.93. The lowest BCUT2D eigenvalue weighted by molar-refractivity contribution is 0.0861. The van der Waals surface area contributed by atoms with Crippen molar-refractivity contribution in [1.29, 1.82) is 0 Å². The highest BCUT2D eigenvalue weighted by Crippen LogP contribution is 2.29. The number of hydrogen-bond donors (Lipinski definition) is 4. The van der Waals surface area contributed by atoms with Gasteiger partial charge in [-0.3, -0.25) is 19.2 Å². The molecule has 4 N–H and O–H groups in total. The Kier molecular flexibility index (Phi) is 5.01. The first-order valence-corrected chi connectivity index (χ1v) is 8.46. The Labute approximate surface area is 149 Å². The maximum Gasteiger partial charge on any atom is 0.268 e. The van der Waals surface area contributed by atoms with Crippen LogP contribution in [0.1, 0.15) is 46.7 Å². The zero-order valence-corrected chi connectivity index (χ0v) is 14.1. The molecule has 0 spiro atoms. The van der Waals surface area contributed by atoms with Gasteiger partial charge >= 0.3 is 0 Å². The lowest BCUT2D eigenvalue weighted by Gasteiger charge is -2.30. The molecule has 2 heterocycles. The standard InChI is InChI=1S/C18H20N4O4/c23-12-3-7-19-14(9-12)16(25)21-11-18(5-1-2-6-18)22-17(26)15-10-13(24)4-8-20-15/h3-4,7-10H,1-2,5-6,11H2,(H,19,23)(H,20,24)(H,21,25)(H,22,26). The Morgan fingerprint density at radius 1 is 0.923 bits per heavy atom. The van der Waals surface area contributed by atoms with Crippen LogP contribution in [-0.4, -0.2) is 33.9 Å². The van der Waals surface area contributed by atoms with Gasteiger partial charge in [0.25, 0.3) is 11.8 Å². The van der Waals surface area contributed by atoms with Gasteiger partial charge in [-0.25, -0.2) is 0 Å². The molecule has 0 radical (unpaired) electrons. The van der Waals surface area contributed by atoms with Gasteiger partial charge in [0, 0.05) is 43.2 Å². The van der Waals surface area contributed by atoms with E-state index in [4.69, 9.17) is 0 Å². The van der Waals surface area contributed by atoms with E-state index in [1.807, 2.05) is 0 Å². The molecule has 3 rings (SSSR count). The van der Waals surface area contributed by atoms with Crippen LogP contribution < -0.4 is 21.5 Å². The van der Waals surface area contributed by atoms with E-state index >= 15 is 0 Å². The number of aromatic nitrogens is 2. The minimum Gasteiger partial charge on any atom is -0.357 e. The smallest absolute Gasteiger partial charge is 0.268 e. The van der Waals surface area contributed by atoms with E-state index in [0.717, 1.165) is 25.7 Å². The topological polar surface area (TPSA) is 124 Å². The summed E-state index contributed by atoms with van der Waals surface area (Å²) in [5.74, 6) is -0.789. The lowest BCUT2D eigenvalue weighted by Crippen LogP contribution is -2.54. The van der Waals surface area contributed by atoms with Crippen molar-refractivity contribution in [2.45, 2.75) is 31.2 Å². The molecule has 2 aromatic heterocycles. The van der Waals surface area contributed by atoms with Crippen molar-refractivity contribution in [2.24, 2.45) is 0 Å². The number of pyridine rings is 2. The minimum absolute atomic E-state index is 0.171. The predicted molar refractivity (Wildman–Crippen MR) is 95.1 cm³/mol. The third kappa shape index (κ3) is 4.08. The summed E-state index contributed by atoms with van der Waals surface area (Å²) in [5, 5.41) is 5.74. The fourth-order valence-corrected chi connectivity index (χ4v) is 3.20. The highest BCUT2D eigenvalue weighted by Gasteiger charge is 2.36. The first-order valence-electron chi connectivity index (χ1n) is 8.46. The zero-order chi connectivity index (χ0) is 18.6. The van der Waals surface area contributed by atoms with Crippen molar-refractivity contribution in [1.82, 2.24) is 20.6 Å². The monoisotopic (exact) mass is 356 g/mol. The molecule has 1 fully saturated rings. The van der Waals surface area contributed by atoms with E-state index in [-0.39, 0.29) is 34.7 Å². The molecule has 1 aliphatic carbocycles. The Hall–Kier alpha value is -3.16. The minimum atomic E-state index is -0.575. The summed E-state index contributed by atoms with van der Waals surface area (Å²) in [6.45, 7) is 0.242. The molecule has 0 aliphatic heterocycles. The number of aromatic amines is 2. The molecule has 8 heteroatoms. The first kappa shape index (κ1) is 17.7. The van der Waals surface area contributed by atoms with Crippen molar-refractivity contribution < 1.29 is 9.59 Å². The van der Waals surface area contributed by atoms with Crippen LogP contribution >= 0.6 is 0 Å². The van der Waals surface area contributed by atoms with Gasteiger partial charge in [-0.2, -0.15) is 0 Å². The molecule has 8 nitrogen and oxygen atoms in total. The molecule has 2 amide bonds. The molecular formula is C18H20N4O4. The molecule has 1 saturated carbocycles. The Morgan fingerprint density at radius 3 is 2.00 bits per heavy atom. The quantitative estimate of drug-likeness (QED) is 0.624. The number of hydrogen-bond acceptors (Lipinski definition) is 4. The maximum absolute atomic E-state index is 12.5. The van der Waals surface area contributed by atoms with Crippen LogP contribution in [0, 0.1) is 0 Å². The van der Waals surface area contributed by atoms with Gasteiger partial charge in [0.15, 0.2) is 10.9 Å². The number of carbonyl (C=O) groups is 2. The van der Waals surface area contributed by atoms with E-state index in [9.17, 15) is 19.2 Å². The number of rotatable bonds is 5. The molecule has 0 unspecified atom stereocenters. The van der Waals surface area contributed by atoms with Gasteiger partial charge < -0.3 is 20.6 Å². The summed E-state index contributed by atoms with van der Waals surface area (Å²) >= 11 is 0. The summed E-state index contributed by atoms with van der Waals surface area (Å²) in [4.78, 5) is 53.0. The van der Waals surface area contributed by atoms with E-state index in [2.05, 4.69) is 20.6 Å². The summed E-state index contributed by atoms with van der Waals surface area (Å²) < 4.78 is 0. The van der Waals surface area contributed by atoms with Crippen molar-refractivity contribution in [2.75, 3.05) is 6.54 Å². The predicted octanol–water partition coefficient (Wildman–Crippen LogP) is 0.536.